The van der Waals surface area contributed by atoms with E-state index in [0.717, 1.165) is 11.5 Å². The lowest BCUT2D eigenvalue weighted by atomic mass is 9.79. The molecule has 0 spiro atoms. The normalized spacial score (nSPS) is 12.0. The van der Waals surface area contributed by atoms with E-state index in [1.807, 2.05) is 6.92 Å². The third-order valence-corrected chi connectivity index (χ3v) is 2.83. The second-order valence-electron chi connectivity index (χ2n) is 4.39. The van der Waals surface area contributed by atoms with Gasteiger partial charge in [-0.1, -0.05) is 38.8 Å². The van der Waals surface area contributed by atoms with Crippen LogP contribution in [0.15, 0.2) is 10.6 Å². The van der Waals surface area contributed by atoms with Crippen LogP contribution in [0.1, 0.15) is 57.9 Å². The zero-order valence-electron chi connectivity index (χ0n) is 9.76. The molecule has 0 aromatic carbocycles. The predicted octanol–water partition coefficient (Wildman–Crippen LogP) is 3.84. The maximum Gasteiger partial charge on any atom is 0.142 e. The Labute approximate surface area is 86.7 Å². The summed E-state index contributed by atoms with van der Waals surface area (Å²) in [6, 6.07) is 2.07. The second kappa shape index (κ2) is 4.63. The molecule has 0 aliphatic rings. The highest BCUT2D eigenvalue weighted by atomic mass is 16.5. The third-order valence-electron chi connectivity index (χ3n) is 2.83. The van der Waals surface area contributed by atoms with Crippen LogP contribution in [0.5, 0.6) is 0 Å². The molecule has 2 nitrogen and oxygen atoms in total. The SMILES string of the molecule is CCCC(C)(CCC)c1cc(C)no1. The van der Waals surface area contributed by atoms with Gasteiger partial charge in [0, 0.05) is 11.5 Å². The fraction of sp³-hybridized carbons (Fsp3) is 0.750. The molecule has 1 aromatic rings. The van der Waals surface area contributed by atoms with Crippen molar-refractivity contribution in [3.05, 3.63) is 17.5 Å². The zero-order chi connectivity index (χ0) is 10.6. The Bertz CT molecular complexity index is 272. The van der Waals surface area contributed by atoms with Crippen LogP contribution < -0.4 is 0 Å². The van der Waals surface area contributed by atoms with Crippen molar-refractivity contribution in [2.75, 3.05) is 0 Å². The van der Waals surface area contributed by atoms with E-state index in [1.54, 1.807) is 0 Å². The summed E-state index contributed by atoms with van der Waals surface area (Å²) in [6.07, 6.45) is 4.73. The molecule has 0 radical (unpaired) electrons. The number of nitrogens with zero attached hydrogens (tertiary/aromatic N) is 1. The van der Waals surface area contributed by atoms with Gasteiger partial charge in [0.05, 0.1) is 5.69 Å². The molecule has 1 aromatic heterocycles. The average molecular weight is 195 g/mol. The molecule has 0 aliphatic heterocycles. The summed E-state index contributed by atoms with van der Waals surface area (Å²) in [4.78, 5) is 0. The van der Waals surface area contributed by atoms with Crippen LogP contribution in [-0.2, 0) is 5.41 Å². The smallest absolute Gasteiger partial charge is 0.142 e. The van der Waals surface area contributed by atoms with Crippen molar-refractivity contribution in [1.29, 1.82) is 0 Å². The molecule has 0 fully saturated rings. The topological polar surface area (TPSA) is 26.0 Å². The highest BCUT2D eigenvalue weighted by Crippen LogP contribution is 2.33. The van der Waals surface area contributed by atoms with Crippen LogP contribution in [0.25, 0.3) is 0 Å². The van der Waals surface area contributed by atoms with Gasteiger partial charge in [-0.25, -0.2) is 0 Å². The van der Waals surface area contributed by atoms with E-state index in [2.05, 4.69) is 32.0 Å². The Hall–Kier alpha value is -0.790. The summed E-state index contributed by atoms with van der Waals surface area (Å²) < 4.78 is 5.38. The van der Waals surface area contributed by atoms with Crippen LogP contribution in [0.3, 0.4) is 0 Å². The molecular weight excluding hydrogens is 174 g/mol. The van der Waals surface area contributed by atoms with Crippen LogP contribution in [0.4, 0.5) is 0 Å². The molecule has 0 N–H and O–H groups in total. The van der Waals surface area contributed by atoms with Gasteiger partial charge >= 0.3 is 0 Å². The second-order valence-corrected chi connectivity index (χ2v) is 4.39. The monoisotopic (exact) mass is 195 g/mol. The summed E-state index contributed by atoms with van der Waals surface area (Å²) in [7, 11) is 0. The van der Waals surface area contributed by atoms with E-state index in [0.29, 0.717) is 0 Å². The Balaban J connectivity index is 2.86. The van der Waals surface area contributed by atoms with Crippen LogP contribution >= 0.6 is 0 Å². The third kappa shape index (κ3) is 2.37. The Morgan fingerprint density at radius 2 is 1.86 bits per heavy atom. The van der Waals surface area contributed by atoms with Crippen molar-refractivity contribution >= 4 is 0 Å². The Morgan fingerprint density at radius 1 is 1.29 bits per heavy atom. The summed E-state index contributed by atoms with van der Waals surface area (Å²) in [5.41, 5.74) is 1.17. The van der Waals surface area contributed by atoms with Gasteiger partial charge in [0.25, 0.3) is 0 Å². The van der Waals surface area contributed by atoms with Crippen molar-refractivity contribution < 1.29 is 4.52 Å². The molecule has 80 valence electrons. The van der Waals surface area contributed by atoms with E-state index in [9.17, 15) is 0 Å². The number of hydrogen-bond acceptors (Lipinski definition) is 2. The minimum Gasteiger partial charge on any atom is -0.361 e. The lowest BCUT2D eigenvalue weighted by Crippen LogP contribution is -2.20. The predicted molar refractivity (Wildman–Crippen MR) is 58.4 cm³/mol. The Morgan fingerprint density at radius 3 is 2.21 bits per heavy atom. The first kappa shape index (κ1) is 11.3. The summed E-state index contributed by atoms with van der Waals surface area (Å²) in [5, 5.41) is 3.97. The first-order valence-electron chi connectivity index (χ1n) is 5.56. The van der Waals surface area contributed by atoms with Crippen LogP contribution in [0.2, 0.25) is 0 Å². The number of rotatable bonds is 5. The minimum atomic E-state index is 0.185. The molecule has 1 rings (SSSR count). The van der Waals surface area contributed by atoms with Gasteiger partial charge in [0.2, 0.25) is 0 Å². The van der Waals surface area contributed by atoms with E-state index in [4.69, 9.17) is 4.52 Å². The van der Waals surface area contributed by atoms with Gasteiger partial charge < -0.3 is 4.52 Å². The van der Waals surface area contributed by atoms with Crippen molar-refractivity contribution in [2.24, 2.45) is 0 Å². The molecular formula is C12H21NO. The molecule has 0 unspecified atom stereocenters. The first-order valence-corrected chi connectivity index (χ1v) is 5.56. The van der Waals surface area contributed by atoms with Crippen LogP contribution in [-0.4, -0.2) is 5.16 Å². The standard InChI is InChI=1S/C12H21NO/c1-5-7-12(4,8-6-2)11-9-10(3)13-14-11/h9H,5-8H2,1-4H3. The highest BCUT2D eigenvalue weighted by molar-refractivity contribution is 5.14. The molecule has 0 bridgehead atoms. The maximum atomic E-state index is 5.38. The lowest BCUT2D eigenvalue weighted by Gasteiger charge is -2.25. The van der Waals surface area contributed by atoms with Gasteiger partial charge in [0.1, 0.15) is 5.76 Å². The highest BCUT2D eigenvalue weighted by Gasteiger charge is 2.28. The average Bonchev–Trinajstić information content (AvgIpc) is 2.53. The first-order chi connectivity index (χ1) is 6.62. The van der Waals surface area contributed by atoms with Gasteiger partial charge in [-0.05, 0) is 19.8 Å². The van der Waals surface area contributed by atoms with Gasteiger partial charge in [-0.2, -0.15) is 0 Å². The molecule has 14 heavy (non-hydrogen) atoms. The fourth-order valence-electron chi connectivity index (χ4n) is 2.12. The largest absolute Gasteiger partial charge is 0.361 e. The molecule has 0 saturated carbocycles. The number of hydrogen-bond donors (Lipinski definition) is 0. The van der Waals surface area contributed by atoms with Crippen molar-refractivity contribution in [3.8, 4) is 0 Å². The van der Waals surface area contributed by atoms with Crippen molar-refractivity contribution in [3.63, 3.8) is 0 Å². The lowest BCUT2D eigenvalue weighted by molar-refractivity contribution is 0.271. The number of aromatic nitrogens is 1. The van der Waals surface area contributed by atoms with Crippen LogP contribution in [0, 0.1) is 6.92 Å². The molecule has 0 aliphatic carbocycles. The fourth-order valence-corrected chi connectivity index (χ4v) is 2.12. The molecule has 1 heterocycles. The maximum absolute atomic E-state index is 5.38. The van der Waals surface area contributed by atoms with E-state index >= 15 is 0 Å². The molecule has 2 heteroatoms. The Kier molecular flexibility index (Phi) is 3.73. The van der Waals surface area contributed by atoms with Gasteiger partial charge in [0.15, 0.2) is 0 Å². The van der Waals surface area contributed by atoms with E-state index < -0.39 is 0 Å². The minimum absolute atomic E-state index is 0.185. The summed E-state index contributed by atoms with van der Waals surface area (Å²) in [5.74, 6) is 1.05. The zero-order valence-corrected chi connectivity index (χ0v) is 9.76. The number of aryl methyl sites for hydroxylation is 1. The van der Waals surface area contributed by atoms with E-state index in [-0.39, 0.29) is 5.41 Å². The molecule has 0 atom stereocenters. The van der Waals surface area contributed by atoms with E-state index in [1.165, 1.54) is 25.7 Å². The van der Waals surface area contributed by atoms with Gasteiger partial charge in [-0.15, -0.1) is 0 Å². The summed E-state index contributed by atoms with van der Waals surface area (Å²) in [6.45, 7) is 8.69. The van der Waals surface area contributed by atoms with Crippen molar-refractivity contribution in [1.82, 2.24) is 5.16 Å². The molecule has 0 amide bonds. The summed E-state index contributed by atoms with van der Waals surface area (Å²) >= 11 is 0. The quantitative estimate of drug-likeness (QED) is 0.713. The molecule has 0 saturated heterocycles. The van der Waals surface area contributed by atoms with Crippen molar-refractivity contribution in [2.45, 2.75) is 58.8 Å². The van der Waals surface area contributed by atoms with Gasteiger partial charge in [-0.3, -0.25) is 0 Å².